The fourth-order valence-electron chi connectivity index (χ4n) is 4.89. The van der Waals surface area contributed by atoms with E-state index in [2.05, 4.69) is 0 Å². The molecule has 2 fully saturated rings. The highest BCUT2D eigenvalue weighted by Crippen LogP contribution is 2.43. The molecule has 5 heteroatoms. The number of carbonyl (C=O) groups is 1. The van der Waals surface area contributed by atoms with Gasteiger partial charge in [-0.15, -0.1) is 0 Å². The van der Waals surface area contributed by atoms with Crippen LogP contribution in [0.5, 0.6) is 0 Å². The van der Waals surface area contributed by atoms with Crippen molar-refractivity contribution in [3.05, 3.63) is 47.5 Å². The number of ether oxygens (including phenoxy) is 1. The maximum Gasteiger partial charge on any atom is 0.416 e. The van der Waals surface area contributed by atoms with Crippen LogP contribution in [0.25, 0.3) is 0 Å². The van der Waals surface area contributed by atoms with Crippen LogP contribution in [-0.4, -0.2) is 12.1 Å². The zero-order valence-electron chi connectivity index (χ0n) is 16.4. The molecule has 0 spiro atoms. The maximum absolute atomic E-state index is 12.7. The van der Waals surface area contributed by atoms with Crippen molar-refractivity contribution in [2.45, 2.75) is 76.5 Å². The molecule has 0 heterocycles. The van der Waals surface area contributed by atoms with Gasteiger partial charge >= 0.3 is 12.1 Å². The average Bonchev–Trinajstić information content (AvgIpc) is 2.68. The molecule has 0 saturated heterocycles. The third kappa shape index (κ3) is 5.39. The number of halogens is 3. The summed E-state index contributed by atoms with van der Waals surface area (Å²) in [6.07, 6.45) is 7.39. The third-order valence-corrected chi connectivity index (χ3v) is 6.45. The lowest BCUT2D eigenvalue weighted by Crippen LogP contribution is -2.29. The van der Waals surface area contributed by atoms with Crippen LogP contribution in [0.4, 0.5) is 13.2 Å². The Bertz CT molecular complexity index is 662. The molecule has 1 aromatic rings. The van der Waals surface area contributed by atoms with Gasteiger partial charge < -0.3 is 4.74 Å². The molecule has 2 aliphatic carbocycles. The van der Waals surface area contributed by atoms with Gasteiger partial charge in [0.15, 0.2) is 0 Å². The number of esters is 1. The summed E-state index contributed by atoms with van der Waals surface area (Å²) in [6, 6.07) is 5.71. The van der Waals surface area contributed by atoms with Crippen molar-refractivity contribution in [1.29, 1.82) is 0 Å². The van der Waals surface area contributed by atoms with Crippen molar-refractivity contribution in [3.8, 4) is 0 Å². The first-order chi connectivity index (χ1) is 13.4. The first-order valence-electron chi connectivity index (χ1n) is 10.4. The molecule has 0 unspecified atom stereocenters. The Morgan fingerprint density at radius 3 is 1.96 bits per heavy atom. The van der Waals surface area contributed by atoms with Crippen LogP contribution >= 0.6 is 0 Å². The minimum atomic E-state index is -4.27. The standard InChI is InChI=1S/C23H29F3O2/c1-2-3-22(27)28-21-14-10-19(11-15-21)17-6-4-16(5-7-17)18-8-12-20(13-9-18)23(24,25)26/h2-3,8-9,12-13,16-17,19,21H,4-7,10-11,14-15H2,1H3. The smallest absolute Gasteiger partial charge is 0.416 e. The summed E-state index contributed by atoms with van der Waals surface area (Å²) in [4.78, 5) is 11.6. The first kappa shape index (κ1) is 20.9. The largest absolute Gasteiger partial charge is 0.459 e. The molecule has 0 aliphatic heterocycles. The fourth-order valence-corrected chi connectivity index (χ4v) is 4.89. The molecule has 0 amide bonds. The number of benzene rings is 1. The quantitative estimate of drug-likeness (QED) is 0.422. The van der Waals surface area contributed by atoms with Crippen LogP contribution in [0.2, 0.25) is 0 Å². The van der Waals surface area contributed by atoms with Crippen LogP contribution in [0.1, 0.15) is 75.3 Å². The van der Waals surface area contributed by atoms with E-state index in [1.165, 1.54) is 18.2 Å². The van der Waals surface area contributed by atoms with E-state index in [9.17, 15) is 18.0 Å². The molecular weight excluding hydrogens is 365 g/mol. The van der Waals surface area contributed by atoms with Gasteiger partial charge in [-0.05, 0) is 93.7 Å². The molecule has 2 aliphatic rings. The second kappa shape index (κ2) is 9.15. The highest BCUT2D eigenvalue weighted by molar-refractivity contribution is 5.81. The van der Waals surface area contributed by atoms with E-state index in [4.69, 9.17) is 4.74 Å². The van der Waals surface area contributed by atoms with Crippen LogP contribution in [0.3, 0.4) is 0 Å². The van der Waals surface area contributed by atoms with Crippen molar-refractivity contribution in [3.63, 3.8) is 0 Å². The van der Waals surface area contributed by atoms with E-state index in [0.717, 1.165) is 56.9 Å². The molecule has 0 atom stereocenters. The zero-order chi connectivity index (χ0) is 20.1. The molecule has 1 aromatic carbocycles. The van der Waals surface area contributed by atoms with Crippen molar-refractivity contribution in [2.75, 3.05) is 0 Å². The van der Waals surface area contributed by atoms with Gasteiger partial charge in [-0.25, -0.2) is 4.79 Å². The lowest BCUT2D eigenvalue weighted by Gasteiger charge is -2.37. The molecule has 0 radical (unpaired) electrons. The Morgan fingerprint density at radius 1 is 0.929 bits per heavy atom. The van der Waals surface area contributed by atoms with E-state index < -0.39 is 11.7 Å². The maximum atomic E-state index is 12.7. The SMILES string of the molecule is CC=CC(=O)OC1CCC(C2CCC(c3ccc(C(F)(F)F)cc3)CC2)CC1. The summed E-state index contributed by atoms with van der Waals surface area (Å²) in [5.41, 5.74) is 0.461. The van der Waals surface area contributed by atoms with E-state index in [0.29, 0.717) is 17.8 Å². The summed E-state index contributed by atoms with van der Waals surface area (Å²) >= 11 is 0. The predicted molar refractivity (Wildman–Crippen MR) is 103 cm³/mol. The van der Waals surface area contributed by atoms with Crippen LogP contribution in [0, 0.1) is 11.8 Å². The molecule has 0 N–H and O–H groups in total. The summed E-state index contributed by atoms with van der Waals surface area (Å²) in [7, 11) is 0. The molecule has 0 aromatic heterocycles. The van der Waals surface area contributed by atoms with Crippen LogP contribution in [-0.2, 0) is 15.7 Å². The number of hydrogen-bond donors (Lipinski definition) is 0. The van der Waals surface area contributed by atoms with Gasteiger partial charge in [0.2, 0.25) is 0 Å². The van der Waals surface area contributed by atoms with E-state index in [-0.39, 0.29) is 12.1 Å². The number of rotatable bonds is 4. The lowest BCUT2D eigenvalue weighted by atomic mass is 9.69. The second-order valence-corrected chi connectivity index (χ2v) is 8.21. The summed E-state index contributed by atoms with van der Waals surface area (Å²) in [6.45, 7) is 1.80. The van der Waals surface area contributed by atoms with Gasteiger partial charge in [-0.2, -0.15) is 13.2 Å². The van der Waals surface area contributed by atoms with Gasteiger partial charge in [0, 0.05) is 6.08 Å². The number of carbonyl (C=O) groups excluding carboxylic acids is 1. The van der Waals surface area contributed by atoms with Crippen molar-refractivity contribution in [1.82, 2.24) is 0 Å². The number of alkyl halides is 3. The highest BCUT2D eigenvalue weighted by Gasteiger charge is 2.33. The van der Waals surface area contributed by atoms with E-state index in [1.54, 1.807) is 25.1 Å². The van der Waals surface area contributed by atoms with Crippen molar-refractivity contribution >= 4 is 5.97 Å². The Kier molecular flexibility index (Phi) is 6.84. The number of allylic oxidation sites excluding steroid dienone is 1. The zero-order valence-corrected chi connectivity index (χ0v) is 16.4. The minimum absolute atomic E-state index is 0.0448. The van der Waals surface area contributed by atoms with Crippen LogP contribution in [0.15, 0.2) is 36.4 Å². The first-order valence-corrected chi connectivity index (χ1v) is 10.4. The molecule has 2 saturated carbocycles. The lowest BCUT2D eigenvalue weighted by molar-refractivity contribution is -0.145. The summed E-state index contributed by atoms with van der Waals surface area (Å²) in [5.74, 6) is 1.50. The Morgan fingerprint density at radius 2 is 1.46 bits per heavy atom. The Balaban J connectivity index is 1.45. The topological polar surface area (TPSA) is 26.3 Å². The van der Waals surface area contributed by atoms with Gasteiger partial charge in [-0.1, -0.05) is 18.2 Å². The van der Waals surface area contributed by atoms with Crippen LogP contribution < -0.4 is 0 Å². The molecule has 0 bridgehead atoms. The monoisotopic (exact) mass is 394 g/mol. The normalized spacial score (nSPS) is 29.0. The van der Waals surface area contributed by atoms with Crippen molar-refractivity contribution < 1.29 is 22.7 Å². The third-order valence-electron chi connectivity index (χ3n) is 6.45. The molecule has 2 nitrogen and oxygen atoms in total. The molecule has 154 valence electrons. The molecule has 3 rings (SSSR count). The van der Waals surface area contributed by atoms with Gasteiger partial charge in [0.25, 0.3) is 0 Å². The number of hydrogen-bond acceptors (Lipinski definition) is 2. The van der Waals surface area contributed by atoms with Gasteiger partial charge in [-0.3, -0.25) is 0 Å². The predicted octanol–water partition coefficient (Wildman–Crippen LogP) is 6.66. The highest BCUT2D eigenvalue weighted by atomic mass is 19.4. The van der Waals surface area contributed by atoms with E-state index >= 15 is 0 Å². The van der Waals surface area contributed by atoms with Gasteiger partial charge in [0.05, 0.1) is 5.56 Å². The summed E-state index contributed by atoms with van der Waals surface area (Å²) in [5, 5.41) is 0. The molecule has 28 heavy (non-hydrogen) atoms. The van der Waals surface area contributed by atoms with E-state index in [1.807, 2.05) is 0 Å². The minimum Gasteiger partial charge on any atom is -0.459 e. The molecular formula is C23H29F3O2. The van der Waals surface area contributed by atoms with Crippen molar-refractivity contribution in [2.24, 2.45) is 11.8 Å². The fraction of sp³-hybridized carbons (Fsp3) is 0.609. The Labute approximate surface area is 165 Å². The second-order valence-electron chi connectivity index (χ2n) is 8.21. The van der Waals surface area contributed by atoms with Gasteiger partial charge in [0.1, 0.15) is 6.10 Å². The summed E-state index contributed by atoms with van der Waals surface area (Å²) < 4.78 is 43.6. The average molecular weight is 394 g/mol. The Hall–Kier alpha value is -1.78.